The van der Waals surface area contributed by atoms with Crippen LogP contribution in [0.1, 0.15) is 64.2 Å². The Labute approximate surface area is 177 Å². The van der Waals surface area contributed by atoms with Gasteiger partial charge in [0.05, 0.1) is 6.04 Å². The quantitative estimate of drug-likeness (QED) is 0.536. The van der Waals surface area contributed by atoms with Crippen molar-refractivity contribution in [3.63, 3.8) is 0 Å². The van der Waals surface area contributed by atoms with Gasteiger partial charge in [0.2, 0.25) is 0 Å². The molecular formula is C28H35N. The van der Waals surface area contributed by atoms with Crippen LogP contribution in [0.15, 0.2) is 72.3 Å². The maximum absolute atomic E-state index is 2.63. The van der Waals surface area contributed by atoms with Gasteiger partial charge in [-0.1, -0.05) is 102 Å². The summed E-state index contributed by atoms with van der Waals surface area (Å²) in [5.74, 6) is 1.59. The third-order valence-electron chi connectivity index (χ3n) is 6.97. The van der Waals surface area contributed by atoms with Gasteiger partial charge in [-0.25, -0.2) is 0 Å². The summed E-state index contributed by atoms with van der Waals surface area (Å²) in [6.45, 7) is 15.0. The van der Waals surface area contributed by atoms with Crippen LogP contribution in [0.25, 0.3) is 0 Å². The fraction of sp³-hybridized carbons (Fsp3) is 0.429. The Balaban J connectivity index is 1.86. The molecule has 2 aromatic carbocycles. The van der Waals surface area contributed by atoms with Crippen LogP contribution in [0.4, 0.5) is 5.69 Å². The summed E-state index contributed by atoms with van der Waals surface area (Å²) in [5.41, 5.74) is 7.28. The number of benzene rings is 2. The first-order chi connectivity index (χ1) is 13.8. The second-order valence-electron chi connectivity index (χ2n) is 9.96. The van der Waals surface area contributed by atoms with Gasteiger partial charge in [-0.3, -0.25) is 0 Å². The highest BCUT2D eigenvalue weighted by molar-refractivity contribution is 5.64. The fourth-order valence-corrected chi connectivity index (χ4v) is 5.00. The molecule has 2 aliphatic rings. The van der Waals surface area contributed by atoms with Crippen LogP contribution < -0.4 is 4.90 Å². The summed E-state index contributed by atoms with van der Waals surface area (Å²) in [6, 6.07) is 18.5. The van der Waals surface area contributed by atoms with E-state index in [1.807, 2.05) is 0 Å². The average Bonchev–Trinajstić information content (AvgIpc) is 2.71. The van der Waals surface area contributed by atoms with Gasteiger partial charge in [0.25, 0.3) is 0 Å². The molecular weight excluding hydrogens is 350 g/mol. The van der Waals surface area contributed by atoms with E-state index in [9.17, 15) is 0 Å². The van der Waals surface area contributed by atoms with E-state index in [1.54, 1.807) is 0 Å². The van der Waals surface area contributed by atoms with Crippen LogP contribution in [-0.4, -0.2) is 6.04 Å². The molecule has 0 fully saturated rings. The number of hydrogen-bond acceptors (Lipinski definition) is 1. The number of allylic oxidation sites excluding steroid dienone is 2. The molecule has 2 unspecified atom stereocenters. The van der Waals surface area contributed by atoms with E-state index in [-0.39, 0.29) is 5.41 Å². The highest BCUT2D eigenvalue weighted by Crippen LogP contribution is 2.50. The van der Waals surface area contributed by atoms with E-state index in [1.165, 1.54) is 28.0 Å². The zero-order valence-corrected chi connectivity index (χ0v) is 18.8. The maximum Gasteiger partial charge on any atom is 0.0551 e. The first kappa shape index (κ1) is 20.0. The molecule has 0 radical (unpaired) electrons. The first-order valence-electron chi connectivity index (χ1n) is 11.1. The summed E-state index contributed by atoms with van der Waals surface area (Å²) >= 11 is 0. The molecule has 0 bridgehead atoms. The molecule has 2 aromatic rings. The van der Waals surface area contributed by atoms with Crippen LogP contribution >= 0.6 is 0 Å². The van der Waals surface area contributed by atoms with Crippen molar-refractivity contribution in [2.75, 3.05) is 4.90 Å². The molecule has 0 spiro atoms. The molecule has 0 N–H and O–H groups in total. The molecule has 2 atom stereocenters. The van der Waals surface area contributed by atoms with Crippen LogP contribution in [0.5, 0.6) is 0 Å². The average molecular weight is 386 g/mol. The van der Waals surface area contributed by atoms with Crippen LogP contribution in [0.2, 0.25) is 0 Å². The van der Waals surface area contributed by atoms with E-state index in [0.717, 1.165) is 6.54 Å². The Morgan fingerprint density at radius 3 is 2.31 bits per heavy atom. The molecule has 1 heterocycles. The lowest BCUT2D eigenvalue weighted by molar-refractivity contribution is 0.315. The van der Waals surface area contributed by atoms with Gasteiger partial charge in [-0.05, 0) is 40.2 Å². The summed E-state index contributed by atoms with van der Waals surface area (Å²) in [5, 5.41) is 0. The fourth-order valence-electron chi connectivity index (χ4n) is 5.00. The second-order valence-corrected chi connectivity index (χ2v) is 9.96. The minimum absolute atomic E-state index is 0.100. The molecule has 0 saturated heterocycles. The van der Waals surface area contributed by atoms with E-state index in [4.69, 9.17) is 0 Å². The minimum Gasteiger partial charge on any atom is -0.360 e. The highest BCUT2D eigenvalue weighted by Gasteiger charge is 2.45. The van der Waals surface area contributed by atoms with Gasteiger partial charge in [-0.15, -0.1) is 0 Å². The van der Waals surface area contributed by atoms with Crippen molar-refractivity contribution in [3.05, 3.63) is 89.0 Å². The molecule has 0 saturated carbocycles. The maximum atomic E-state index is 2.63. The van der Waals surface area contributed by atoms with Crippen molar-refractivity contribution in [2.24, 2.45) is 11.8 Å². The summed E-state index contributed by atoms with van der Waals surface area (Å²) in [6.07, 6.45) is 7.40. The Morgan fingerprint density at radius 1 is 0.931 bits per heavy atom. The van der Waals surface area contributed by atoms with Gasteiger partial charge >= 0.3 is 0 Å². The monoisotopic (exact) mass is 385 g/mol. The van der Waals surface area contributed by atoms with Gasteiger partial charge in [0, 0.05) is 23.6 Å². The third kappa shape index (κ3) is 3.56. The first-order valence-corrected chi connectivity index (χ1v) is 11.1. The standard InChI is InChI=1S/C28H35N/c1-19(2)22-12-14-26-24(16-22)28(5,6)25-17-23(20(3)4)13-15-27(25)29(26)18-21-10-8-7-9-11-21/h7-17,19-20,24,26H,18H2,1-6H3. The Hall–Kier alpha value is -2.28. The lowest BCUT2D eigenvalue weighted by Gasteiger charge is -2.51. The molecule has 1 aliphatic heterocycles. The van der Waals surface area contributed by atoms with Crippen molar-refractivity contribution < 1.29 is 0 Å². The van der Waals surface area contributed by atoms with E-state index in [0.29, 0.717) is 23.8 Å². The Kier molecular flexibility index (Phi) is 5.19. The van der Waals surface area contributed by atoms with Crippen LogP contribution in [0, 0.1) is 11.8 Å². The lowest BCUT2D eigenvalue weighted by atomic mass is 9.63. The number of rotatable bonds is 4. The van der Waals surface area contributed by atoms with Crippen molar-refractivity contribution >= 4 is 5.69 Å². The van der Waals surface area contributed by atoms with Gasteiger partial charge in [0.1, 0.15) is 0 Å². The van der Waals surface area contributed by atoms with Crippen LogP contribution in [0.3, 0.4) is 0 Å². The molecule has 0 amide bonds. The molecule has 1 heteroatoms. The van der Waals surface area contributed by atoms with Gasteiger partial charge < -0.3 is 4.90 Å². The van der Waals surface area contributed by atoms with Crippen molar-refractivity contribution in [1.82, 2.24) is 0 Å². The zero-order valence-electron chi connectivity index (χ0n) is 18.8. The van der Waals surface area contributed by atoms with Crippen molar-refractivity contribution in [1.29, 1.82) is 0 Å². The van der Waals surface area contributed by atoms with E-state index < -0.39 is 0 Å². The predicted octanol–water partition coefficient (Wildman–Crippen LogP) is 7.24. The van der Waals surface area contributed by atoms with Gasteiger partial charge in [-0.2, -0.15) is 0 Å². The summed E-state index contributed by atoms with van der Waals surface area (Å²) < 4.78 is 0. The Morgan fingerprint density at radius 2 is 1.66 bits per heavy atom. The Bertz CT molecular complexity index is 930. The third-order valence-corrected chi connectivity index (χ3v) is 6.97. The predicted molar refractivity (Wildman–Crippen MR) is 126 cm³/mol. The molecule has 4 rings (SSSR count). The molecule has 1 aliphatic carbocycles. The normalized spacial score (nSPS) is 22.5. The molecule has 29 heavy (non-hydrogen) atoms. The SMILES string of the molecule is CC(C)C1=CC2C(C=C1)N(Cc1ccccc1)c1ccc(C(C)C)cc1C2(C)C. The smallest absolute Gasteiger partial charge is 0.0551 e. The zero-order chi connectivity index (χ0) is 20.8. The van der Waals surface area contributed by atoms with E-state index in [2.05, 4.69) is 113 Å². The van der Waals surface area contributed by atoms with E-state index >= 15 is 0 Å². The topological polar surface area (TPSA) is 3.24 Å². The minimum atomic E-state index is 0.100. The molecule has 0 aromatic heterocycles. The highest BCUT2D eigenvalue weighted by atomic mass is 15.2. The van der Waals surface area contributed by atoms with Crippen molar-refractivity contribution in [2.45, 2.75) is 65.5 Å². The summed E-state index contributed by atoms with van der Waals surface area (Å²) in [7, 11) is 0. The second kappa shape index (κ2) is 7.52. The van der Waals surface area contributed by atoms with Crippen molar-refractivity contribution in [3.8, 4) is 0 Å². The number of anilines is 1. The lowest BCUT2D eigenvalue weighted by Crippen LogP contribution is -2.51. The molecule has 1 nitrogen and oxygen atoms in total. The number of hydrogen-bond donors (Lipinski definition) is 0. The molecule has 152 valence electrons. The summed E-state index contributed by atoms with van der Waals surface area (Å²) in [4.78, 5) is 2.63. The van der Waals surface area contributed by atoms with Gasteiger partial charge in [0.15, 0.2) is 0 Å². The number of fused-ring (bicyclic) bond motifs is 2. The largest absolute Gasteiger partial charge is 0.360 e. The van der Waals surface area contributed by atoms with Crippen LogP contribution in [-0.2, 0) is 12.0 Å². The number of nitrogens with zero attached hydrogens (tertiary/aromatic N) is 1.